The molecule has 0 fully saturated rings. The van der Waals surface area contributed by atoms with Crippen LogP contribution in [0.4, 0.5) is 10.1 Å². The van der Waals surface area contributed by atoms with E-state index in [-0.39, 0.29) is 5.82 Å². The third-order valence-corrected chi connectivity index (χ3v) is 4.44. The highest BCUT2D eigenvalue weighted by atomic mass is 32.1. The Kier molecular flexibility index (Phi) is 5.17. The zero-order valence-corrected chi connectivity index (χ0v) is 14.7. The largest absolute Gasteiger partial charge is 0.358 e. The van der Waals surface area contributed by atoms with Crippen LogP contribution in [-0.2, 0) is 6.54 Å². The predicted octanol–water partition coefficient (Wildman–Crippen LogP) is 4.74. The standard InChI is InChI=1S/C18H16FN3S2/c1-12-21-17(11-24-12)14-4-8-16(9-5-14)22-18(23)20-10-13-2-6-15(19)7-3-13/h2-9,11H,10H2,1H3,(H2,20,22,23). The number of halogens is 1. The number of benzene rings is 2. The lowest BCUT2D eigenvalue weighted by Crippen LogP contribution is -2.27. The molecule has 3 nitrogen and oxygen atoms in total. The summed E-state index contributed by atoms with van der Waals surface area (Å²) in [7, 11) is 0. The minimum Gasteiger partial charge on any atom is -0.358 e. The summed E-state index contributed by atoms with van der Waals surface area (Å²) < 4.78 is 12.9. The van der Waals surface area contributed by atoms with Gasteiger partial charge in [-0.25, -0.2) is 9.37 Å². The summed E-state index contributed by atoms with van der Waals surface area (Å²) in [6.07, 6.45) is 0. The molecule has 1 heterocycles. The molecule has 0 aliphatic rings. The van der Waals surface area contributed by atoms with E-state index in [1.54, 1.807) is 23.5 Å². The Balaban J connectivity index is 1.55. The average Bonchev–Trinajstić information content (AvgIpc) is 3.01. The van der Waals surface area contributed by atoms with Gasteiger partial charge < -0.3 is 10.6 Å². The highest BCUT2D eigenvalue weighted by Crippen LogP contribution is 2.23. The van der Waals surface area contributed by atoms with Crippen LogP contribution in [0.15, 0.2) is 53.9 Å². The van der Waals surface area contributed by atoms with Gasteiger partial charge >= 0.3 is 0 Å². The topological polar surface area (TPSA) is 37.0 Å². The van der Waals surface area contributed by atoms with Crippen molar-refractivity contribution in [2.45, 2.75) is 13.5 Å². The number of aromatic nitrogens is 1. The molecule has 122 valence electrons. The van der Waals surface area contributed by atoms with Crippen molar-refractivity contribution >= 4 is 34.4 Å². The van der Waals surface area contributed by atoms with Crippen LogP contribution in [-0.4, -0.2) is 10.1 Å². The first-order chi connectivity index (χ1) is 11.6. The normalized spacial score (nSPS) is 10.4. The lowest BCUT2D eigenvalue weighted by molar-refractivity contribution is 0.627. The van der Waals surface area contributed by atoms with Crippen molar-refractivity contribution in [1.82, 2.24) is 10.3 Å². The fourth-order valence-electron chi connectivity index (χ4n) is 2.18. The Morgan fingerprint density at radius 2 is 1.83 bits per heavy atom. The van der Waals surface area contributed by atoms with Crippen molar-refractivity contribution in [2.75, 3.05) is 5.32 Å². The molecule has 24 heavy (non-hydrogen) atoms. The van der Waals surface area contributed by atoms with Crippen molar-refractivity contribution < 1.29 is 4.39 Å². The number of thiazole rings is 1. The van der Waals surface area contributed by atoms with Crippen LogP contribution >= 0.6 is 23.6 Å². The van der Waals surface area contributed by atoms with Gasteiger partial charge in [-0.3, -0.25) is 0 Å². The Bertz CT molecular complexity index is 826. The molecule has 0 unspecified atom stereocenters. The predicted molar refractivity (Wildman–Crippen MR) is 102 cm³/mol. The molecule has 0 radical (unpaired) electrons. The number of nitrogens with zero attached hydrogens (tertiary/aromatic N) is 1. The lowest BCUT2D eigenvalue weighted by Gasteiger charge is -2.11. The second-order valence-electron chi connectivity index (χ2n) is 5.26. The van der Waals surface area contributed by atoms with Crippen molar-refractivity contribution in [2.24, 2.45) is 0 Å². The fraction of sp³-hybridized carbons (Fsp3) is 0.111. The maximum Gasteiger partial charge on any atom is 0.171 e. The highest BCUT2D eigenvalue weighted by molar-refractivity contribution is 7.80. The third-order valence-electron chi connectivity index (χ3n) is 3.42. The first-order valence-corrected chi connectivity index (χ1v) is 8.71. The van der Waals surface area contributed by atoms with E-state index in [1.807, 2.05) is 36.6 Å². The first-order valence-electron chi connectivity index (χ1n) is 7.42. The molecule has 0 bridgehead atoms. The maximum atomic E-state index is 12.9. The second-order valence-corrected chi connectivity index (χ2v) is 6.73. The van der Waals surface area contributed by atoms with Gasteiger partial charge in [0.1, 0.15) is 5.82 Å². The van der Waals surface area contributed by atoms with Gasteiger partial charge in [0, 0.05) is 23.2 Å². The molecule has 3 aromatic rings. The van der Waals surface area contributed by atoms with Crippen LogP contribution in [0.2, 0.25) is 0 Å². The molecular formula is C18H16FN3S2. The van der Waals surface area contributed by atoms with Crippen LogP contribution in [0, 0.1) is 12.7 Å². The van der Waals surface area contributed by atoms with Gasteiger partial charge in [0.05, 0.1) is 10.7 Å². The number of aryl methyl sites for hydroxylation is 1. The summed E-state index contributed by atoms with van der Waals surface area (Å²) >= 11 is 6.92. The van der Waals surface area contributed by atoms with Crippen molar-refractivity contribution in [1.29, 1.82) is 0 Å². The number of anilines is 1. The molecule has 2 N–H and O–H groups in total. The average molecular weight is 357 g/mol. The SMILES string of the molecule is Cc1nc(-c2ccc(NC(=S)NCc3ccc(F)cc3)cc2)cs1. The van der Waals surface area contributed by atoms with Crippen LogP contribution in [0.1, 0.15) is 10.6 Å². The summed E-state index contributed by atoms with van der Waals surface area (Å²) in [5.41, 5.74) is 3.94. The minimum absolute atomic E-state index is 0.241. The van der Waals surface area contributed by atoms with Gasteiger partial charge in [0.25, 0.3) is 0 Å². The van der Waals surface area contributed by atoms with Crippen molar-refractivity contribution in [3.05, 3.63) is 70.3 Å². The number of thiocarbonyl (C=S) groups is 1. The number of hydrogen-bond donors (Lipinski definition) is 2. The van der Waals surface area contributed by atoms with Gasteiger partial charge in [-0.1, -0.05) is 24.3 Å². The quantitative estimate of drug-likeness (QED) is 0.661. The van der Waals surface area contributed by atoms with Crippen molar-refractivity contribution in [3.63, 3.8) is 0 Å². The Morgan fingerprint density at radius 1 is 1.12 bits per heavy atom. The van der Waals surface area contributed by atoms with Gasteiger partial charge in [-0.2, -0.15) is 0 Å². The fourth-order valence-corrected chi connectivity index (χ4v) is 2.99. The van der Waals surface area contributed by atoms with E-state index in [1.165, 1.54) is 12.1 Å². The molecule has 1 aromatic heterocycles. The Hall–Kier alpha value is -2.31. The van der Waals surface area contributed by atoms with Gasteiger partial charge in [0.2, 0.25) is 0 Å². The summed E-state index contributed by atoms with van der Waals surface area (Å²) in [6.45, 7) is 2.54. The van der Waals surface area contributed by atoms with E-state index in [4.69, 9.17) is 12.2 Å². The summed E-state index contributed by atoms with van der Waals surface area (Å²) in [5, 5.41) is 9.87. The molecule has 0 aliphatic carbocycles. The summed E-state index contributed by atoms with van der Waals surface area (Å²) in [4.78, 5) is 4.47. The monoisotopic (exact) mass is 357 g/mol. The van der Waals surface area contributed by atoms with Crippen LogP contribution < -0.4 is 10.6 Å². The van der Waals surface area contributed by atoms with E-state index in [9.17, 15) is 4.39 Å². The molecule has 6 heteroatoms. The maximum absolute atomic E-state index is 12.9. The van der Waals surface area contributed by atoms with E-state index in [0.29, 0.717) is 11.7 Å². The molecule has 3 rings (SSSR count). The van der Waals surface area contributed by atoms with Gasteiger partial charge in [-0.05, 0) is 49.0 Å². The smallest absolute Gasteiger partial charge is 0.171 e. The number of rotatable bonds is 4. The first kappa shape index (κ1) is 16.5. The van der Waals surface area contributed by atoms with E-state index < -0.39 is 0 Å². The third kappa shape index (κ3) is 4.37. The molecule has 0 saturated carbocycles. The molecule has 0 atom stereocenters. The zero-order valence-electron chi connectivity index (χ0n) is 13.0. The second kappa shape index (κ2) is 7.51. The Morgan fingerprint density at radius 3 is 2.46 bits per heavy atom. The van der Waals surface area contributed by atoms with E-state index in [2.05, 4.69) is 15.6 Å². The van der Waals surface area contributed by atoms with Crippen LogP contribution in [0.5, 0.6) is 0 Å². The number of nitrogens with one attached hydrogen (secondary N) is 2. The molecular weight excluding hydrogens is 341 g/mol. The molecule has 2 aromatic carbocycles. The summed E-state index contributed by atoms with van der Waals surface area (Å²) in [5.74, 6) is -0.241. The van der Waals surface area contributed by atoms with Crippen LogP contribution in [0.3, 0.4) is 0 Å². The van der Waals surface area contributed by atoms with Gasteiger partial charge in [0.15, 0.2) is 5.11 Å². The molecule has 0 aliphatic heterocycles. The van der Waals surface area contributed by atoms with Gasteiger partial charge in [-0.15, -0.1) is 11.3 Å². The Labute approximate surface area is 149 Å². The summed E-state index contributed by atoms with van der Waals surface area (Å²) in [6, 6.07) is 14.3. The van der Waals surface area contributed by atoms with E-state index in [0.717, 1.165) is 27.5 Å². The van der Waals surface area contributed by atoms with Crippen LogP contribution in [0.25, 0.3) is 11.3 Å². The highest BCUT2D eigenvalue weighted by Gasteiger charge is 2.03. The lowest BCUT2D eigenvalue weighted by atomic mass is 10.1. The molecule has 0 saturated heterocycles. The van der Waals surface area contributed by atoms with E-state index >= 15 is 0 Å². The van der Waals surface area contributed by atoms with Crippen molar-refractivity contribution in [3.8, 4) is 11.3 Å². The number of hydrogen-bond acceptors (Lipinski definition) is 3. The minimum atomic E-state index is -0.241. The molecule has 0 amide bonds. The molecule has 0 spiro atoms. The zero-order chi connectivity index (χ0) is 16.9.